The Kier molecular flexibility index (Phi) is 4.91. The van der Waals surface area contributed by atoms with Gasteiger partial charge in [0, 0.05) is 19.0 Å². The summed E-state index contributed by atoms with van der Waals surface area (Å²) in [5.41, 5.74) is 0.865. The summed E-state index contributed by atoms with van der Waals surface area (Å²) >= 11 is 0. The first kappa shape index (κ1) is 14.0. The summed E-state index contributed by atoms with van der Waals surface area (Å²) in [5, 5.41) is 3.29. The molecule has 1 aliphatic rings. The second kappa shape index (κ2) is 6.66. The van der Waals surface area contributed by atoms with E-state index in [1.54, 1.807) is 6.07 Å². The lowest BCUT2D eigenvalue weighted by atomic mass is 10.1. The number of nitrogens with one attached hydrogen (secondary N) is 1. The normalized spacial score (nSPS) is 19.2. The molecule has 0 saturated carbocycles. The zero-order valence-corrected chi connectivity index (χ0v) is 11.4. The highest BCUT2D eigenvalue weighted by Gasteiger charge is 2.30. The van der Waals surface area contributed by atoms with Gasteiger partial charge >= 0.3 is 0 Å². The number of carbonyl (C=O) groups excluding carboxylic acids is 1. The molecule has 1 atom stereocenters. The number of hydrogen-bond donors (Lipinski definition) is 1. The Morgan fingerprint density at radius 3 is 3.05 bits per heavy atom. The van der Waals surface area contributed by atoms with Crippen molar-refractivity contribution in [2.45, 2.75) is 38.8 Å². The third-order valence-electron chi connectivity index (χ3n) is 3.60. The van der Waals surface area contributed by atoms with Gasteiger partial charge in [0.25, 0.3) is 0 Å². The van der Waals surface area contributed by atoms with Crippen molar-refractivity contribution in [2.75, 3.05) is 13.1 Å². The lowest BCUT2D eigenvalue weighted by Crippen LogP contribution is -2.34. The average molecular weight is 264 g/mol. The molecular weight excluding hydrogens is 243 g/mol. The summed E-state index contributed by atoms with van der Waals surface area (Å²) in [6.07, 6.45) is 2.50. The summed E-state index contributed by atoms with van der Waals surface area (Å²) in [6.45, 7) is 4.47. The van der Waals surface area contributed by atoms with Gasteiger partial charge in [-0.1, -0.05) is 19.1 Å². The molecule has 1 amide bonds. The molecule has 2 rings (SSSR count). The van der Waals surface area contributed by atoms with Crippen LogP contribution < -0.4 is 5.32 Å². The summed E-state index contributed by atoms with van der Waals surface area (Å²) in [6, 6.07) is 6.79. The van der Waals surface area contributed by atoms with E-state index < -0.39 is 0 Å². The van der Waals surface area contributed by atoms with Crippen LogP contribution in [0.2, 0.25) is 0 Å². The first-order valence-electron chi connectivity index (χ1n) is 6.95. The number of likely N-dealkylation sites (tertiary alicyclic amines) is 1. The molecule has 104 valence electrons. The predicted molar refractivity (Wildman–Crippen MR) is 73.1 cm³/mol. The Morgan fingerprint density at radius 1 is 1.47 bits per heavy atom. The summed E-state index contributed by atoms with van der Waals surface area (Å²) < 4.78 is 13.2. The van der Waals surface area contributed by atoms with Gasteiger partial charge in [-0.3, -0.25) is 4.79 Å². The molecule has 1 heterocycles. The molecule has 1 saturated heterocycles. The molecule has 1 unspecified atom stereocenters. The summed E-state index contributed by atoms with van der Waals surface area (Å²) in [5.74, 6) is -0.0564. The van der Waals surface area contributed by atoms with Crippen molar-refractivity contribution in [3.05, 3.63) is 35.6 Å². The van der Waals surface area contributed by atoms with E-state index in [1.165, 1.54) is 12.1 Å². The van der Waals surface area contributed by atoms with Gasteiger partial charge in [-0.25, -0.2) is 4.39 Å². The van der Waals surface area contributed by atoms with E-state index in [4.69, 9.17) is 0 Å². The lowest BCUT2D eigenvalue weighted by molar-refractivity contribution is -0.129. The predicted octanol–water partition coefficient (Wildman–Crippen LogP) is 2.32. The zero-order valence-electron chi connectivity index (χ0n) is 11.4. The molecule has 0 aromatic heterocycles. The first-order chi connectivity index (χ1) is 9.20. The maximum atomic E-state index is 13.2. The van der Waals surface area contributed by atoms with Gasteiger partial charge in [0.15, 0.2) is 0 Å². The van der Waals surface area contributed by atoms with Gasteiger partial charge < -0.3 is 10.2 Å². The van der Waals surface area contributed by atoms with Gasteiger partial charge in [-0.2, -0.15) is 0 Å². The topological polar surface area (TPSA) is 32.3 Å². The van der Waals surface area contributed by atoms with Crippen molar-refractivity contribution < 1.29 is 9.18 Å². The monoisotopic (exact) mass is 264 g/mol. The minimum Gasteiger partial charge on any atom is -0.335 e. The van der Waals surface area contributed by atoms with Crippen molar-refractivity contribution in [1.29, 1.82) is 0 Å². The molecule has 4 heteroatoms. The van der Waals surface area contributed by atoms with Crippen molar-refractivity contribution in [2.24, 2.45) is 0 Å². The van der Waals surface area contributed by atoms with Gasteiger partial charge in [-0.15, -0.1) is 0 Å². The Morgan fingerprint density at radius 2 is 2.32 bits per heavy atom. The number of nitrogens with zero attached hydrogens (tertiary/aromatic N) is 1. The van der Waals surface area contributed by atoms with Crippen LogP contribution in [-0.2, 0) is 11.3 Å². The van der Waals surface area contributed by atoms with Crippen LogP contribution in [0.15, 0.2) is 24.3 Å². The largest absolute Gasteiger partial charge is 0.335 e. The number of halogens is 1. The molecule has 0 bridgehead atoms. The molecule has 0 aliphatic carbocycles. The smallest absolute Gasteiger partial charge is 0.223 e. The van der Waals surface area contributed by atoms with E-state index in [2.05, 4.69) is 12.2 Å². The number of hydrogen-bond acceptors (Lipinski definition) is 2. The van der Waals surface area contributed by atoms with Crippen LogP contribution in [0, 0.1) is 5.82 Å². The molecular formula is C15H21FN2O. The average Bonchev–Trinajstić information content (AvgIpc) is 2.72. The number of carbonyl (C=O) groups is 1. The SMILES string of the molecule is CCNCCC1CCC(=O)N1Cc1cccc(F)c1. The van der Waals surface area contributed by atoms with Crippen LogP contribution in [0.25, 0.3) is 0 Å². The quantitative estimate of drug-likeness (QED) is 0.800. The number of benzene rings is 1. The minimum absolute atomic E-state index is 0.186. The molecule has 0 spiro atoms. The lowest BCUT2D eigenvalue weighted by Gasteiger charge is -2.25. The van der Waals surface area contributed by atoms with Crippen molar-refractivity contribution in [3.63, 3.8) is 0 Å². The highest BCUT2D eigenvalue weighted by atomic mass is 19.1. The maximum Gasteiger partial charge on any atom is 0.223 e. The molecule has 1 aliphatic heterocycles. The third-order valence-corrected chi connectivity index (χ3v) is 3.60. The van der Waals surface area contributed by atoms with Crippen LogP contribution in [0.1, 0.15) is 31.7 Å². The van der Waals surface area contributed by atoms with E-state index in [-0.39, 0.29) is 17.8 Å². The number of rotatable bonds is 6. The highest BCUT2D eigenvalue weighted by molar-refractivity contribution is 5.78. The van der Waals surface area contributed by atoms with Gasteiger partial charge in [0.1, 0.15) is 5.82 Å². The third kappa shape index (κ3) is 3.77. The van der Waals surface area contributed by atoms with E-state index in [9.17, 15) is 9.18 Å². The Labute approximate surface area is 113 Å². The fourth-order valence-electron chi connectivity index (χ4n) is 2.59. The Balaban J connectivity index is 1.97. The second-order valence-corrected chi connectivity index (χ2v) is 4.99. The van der Waals surface area contributed by atoms with Crippen LogP contribution in [0.3, 0.4) is 0 Å². The molecule has 1 aromatic carbocycles. The summed E-state index contributed by atoms with van der Waals surface area (Å²) in [7, 11) is 0. The first-order valence-corrected chi connectivity index (χ1v) is 6.95. The summed E-state index contributed by atoms with van der Waals surface area (Å²) in [4.78, 5) is 13.8. The standard InChI is InChI=1S/C15H21FN2O/c1-2-17-9-8-14-6-7-15(19)18(14)11-12-4-3-5-13(16)10-12/h3-5,10,14,17H,2,6-9,11H2,1H3. The number of amides is 1. The van der Waals surface area contributed by atoms with Crippen LogP contribution in [0.4, 0.5) is 4.39 Å². The van der Waals surface area contributed by atoms with Gasteiger partial charge in [0.05, 0.1) is 0 Å². The van der Waals surface area contributed by atoms with Crippen LogP contribution >= 0.6 is 0 Å². The van der Waals surface area contributed by atoms with Crippen molar-refractivity contribution >= 4 is 5.91 Å². The van der Waals surface area contributed by atoms with Gasteiger partial charge in [0.2, 0.25) is 5.91 Å². The zero-order chi connectivity index (χ0) is 13.7. The molecule has 0 radical (unpaired) electrons. The Bertz CT molecular complexity index is 436. The van der Waals surface area contributed by atoms with Crippen molar-refractivity contribution in [3.8, 4) is 0 Å². The van der Waals surface area contributed by atoms with Crippen LogP contribution in [0.5, 0.6) is 0 Å². The van der Waals surface area contributed by atoms with E-state index in [0.29, 0.717) is 13.0 Å². The fraction of sp³-hybridized carbons (Fsp3) is 0.533. The van der Waals surface area contributed by atoms with E-state index in [1.807, 2.05) is 11.0 Å². The van der Waals surface area contributed by atoms with Crippen LogP contribution in [-0.4, -0.2) is 29.9 Å². The van der Waals surface area contributed by atoms with E-state index >= 15 is 0 Å². The fourth-order valence-corrected chi connectivity index (χ4v) is 2.59. The van der Waals surface area contributed by atoms with Gasteiger partial charge in [-0.05, 0) is 43.6 Å². The molecule has 1 N–H and O–H groups in total. The second-order valence-electron chi connectivity index (χ2n) is 4.99. The maximum absolute atomic E-state index is 13.2. The molecule has 1 fully saturated rings. The molecule has 1 aromatic rings. The Hall–Kier alpha value is -1.42. The molecule has 19 heavy (non-hydrogen) atoms. The van der Waals surface area contributed by atoms with Crippen molar-refractivity contribution in [1.82, 2.24) is 10.2 Å². The highest BCUT2D eigenvalue weighted by Crippen LogP contribution is 2.23. The molecule has 3 nitrogen and oxygen atoms in total. The van der Waals surface area contributed by atoms with E-state index in [0.717, 1.165) is 31.5 Å². The minimum atomic E-state index is -0.242.